The summed E-state index contributed by atoms with van der Waals surface area (Å²) in [6.07, 6.45) is 5.90. The van der Waals surface area contributed by atoms with Gasteiger partial charge in [0, 0.05) is 25.5 Å². The van der Waals surface area contributed by atoms with Gasteiger partial charge in [0.1, 0.15) is 11.0 Å². The average molecular weight is 333 g/mol. The fourth-order valence-corrected chi connectivity index (χ4v) is 3.71. The highest BCUT2D eigenvalue weighted by Crippen LogP contribution is 2.32. The van der Waals surface area contributed by atoms with Crippen molar-refractivity contribution >= 4 is 22.4 Å². The Labute approximate surface area is 145 Å². The van der Waals surface area contributed by atoms with E-state index in [1.807, 2.05) is 48.1 Å². The molecule has 1 atom stereocenters. The van der Waals surface area contributed by atoms with Gasteiger partial charge in [0.15, 0.2) is 17.3 Å². The molecule has 0 radical (unpaired) electrons. The van der Waals surface area contributed by atoms with Crippen molar-refractivity contribution in [2.24, 2.45) is 0 Å². The number of para-hydroxylation sites is 2. The summed E-state index contributed by atoms with van der Waals surface area (Å²) in [7, 11) is 0. The van der Waals surface area contributed by atoms with Crippen molar-refractivity contribution < 1.29 is 4.42 Å². The highest BCUT2D eigenvalue weighted by Gasteiger charge is 2.27. The van der Waals surface area contributed by atoms with Gasteiger partial charge in [-0.15, -0.1) is 0 Å². The number of hydrogen-bond acceptors (Lipinski definition) is 5. The smallest absolute Gasteiger partial charge is 0.200 e. The maximum absolute atomic E-state index is 6.01. The largest absolute Gasteiger partial charge is 0.440 e. The molecule has 6 nitrogen and oxygen atoms in total. The second kappa shape index (κ2) is 5.58. The zero-order chi connectivity index (χ0) is 16.8. The number of hydrogen-bond donors (Lipinski definition) is 0. The van der Waals surface area contributed by atoms with E-state index in [4.69, 9.17) is 9.40 Å². The van der Waals surface area contributed by atoms with Crippen molar-refractivity contribution in [3.63, 3.8) is 0 Å². The van der Waals surface area contributed by atoms with E-state index in [9.17, 15) is 0 Å². The van der Waals surface area contributed by atoms with Gasteiger partial charge in [0.2, 0.25) is 0 Å². The summed E-state index contributed by atoms with van der Waals surface area (Å²) >= 11 is 0. The van der Waals surface area contributed by atoms with E-state index < -0.39 is 0 Å². The number of piperidine rings is 1. The van der Waals surface area contributed by atoms with Gasteiger partial charge >= 0.3 is 0 Å². The van der Waals surface area contributed by atoms with E-state index >= 15 is 0 Å². The predicted octanol–water partition coefficient (Wildman–Crippen LogP) is 3.56. The third kappa shape index (κ3) is 2.45. The summed E-state index contributed by atoms with van der Waals surface area (Å²) in [5, 5.41) is 4.49. The van der Waals surface area contributed by atoms with Crippen LogP contribution in [0.1, 0.15) is 30.3 Å². The van der Waals surface area contributed by atoms with Gasteiger partial charge in [-0.25, -0.2) is 14.5 Å². The van der Waals surface area contributed by atoms with E-state index in [1.165, 1.54) is 0 Å². The van der Waals surface area contributed by atoms with Crippen LogP contribution < -0.4 is 4.90 Å². The minimum absolute atomic E-state index is 0.284. The molecule has 0 spiro atoms. The predicted molar refractivity (Wildman–Crippen MR) is 95.9 cm³/mol. The number of anilines is 1. The first-order chi connectivity index (χ1) is 12.3. The topological polar surface area (TPSA) is 59.5 Å². The first-order valence-corrected chi connectivity index (χ1v) is 8.69. The molecule has 1 unspecified atom stereocenters. The highest BCUT2D eigenvalue weighted by atomic mass is 16.3. The maximum Gasteiger partial charge on any atom is 0.200 e. The summed E-state index contributed by atoms with van der Waals surface area (Å²) in [5.74, 6) is 2.11. The van der Waals surface area contributed by atoms with E-state index in [1.54, 1.807) is 0 Å². The van der Waals surface area contributed by atoms with Crippen LogP contribution in [0, 0.1) is 6.92 Å². The van der Waals surface area contributed by atoms with Gasteiger partial charge in [-0.3, -0.25) is 0 Å². The Morgan fingerprint density at radius 3 is 3.08 bits per heavy atom. The second-order valence-corrected chi connectivity index (χ2v) is 6.67. The van der Waals surface area contributed by atoms with Crippen LogP contribution in [0.2, 0.25) is 0 Å². The number of oxazole rings is 1. The summed E-state index contributed by atoms with van der Waals surface area (Å²) in [6.45, 7) is 3.87. The van der Waals surface area contributed by atoms with Crippen molar-refractivity contribution in [2.75, 3.05) is 18.0 Å². The number of aromatic nitrogens is 4. The van der Waals surface area contributed by atoms with Crippen molar-refractivity contribution in [1.82, 2.24) is 19.6 Å². The van der Waals surface area contributed by atoms with Crippen LogP contribution in [-0.2, 0) is 0 Å². The zero-order valence-electron chi connectivity index (χ0n) is 14.1. The Morgan fingerprint density at radius 1 is 1.24 bits per heavy atom. The number of benzene rings is 1. The lowest BCUT2D eigenvalue weighted by Gasteiger charge is -2.32. The molecule has 1 saturated heterocycles. The minimum Gasteiger partial charge on any atom is -0.440 e. The van der Waals surface area contributed by atoms with E-state index in [0.29, 0.717) is 0 Å². The Morgan fingerprint density at radius 2 is 2.16 bits per heavy atom. The lowest BCUT2D eigenvalue weighted by molar-refractivity contribution is 0.412. The number of rotatable bonds is 2. The second-order valence-electron chi connectivity index (χ2n) is 6.67. The zero-order valence-corrected chi connectivity index (χ0v) is 14.1. The van der Waals surface area contributed by atoms with Gasteiger partial charge in [-0.1, -0.05) is 12.1 Å². The number of fused-ring (bicyclic) bond motifs is 2. The molecule has 0 saturated carbocycles. The molecule has 0 aliphatic carbocycles. The first kappa shape index (κ1) is 14.5. The van der Waals surface area contributed by atoms with Crippen LogP contribution in [0.25, 0.3) is 16.6 Å². The van der Waals surface area contributed by atoms with Gasteiger partial charge in [-0.05, 0) is 38.0 Å². The maximum atomic E-state index is 6.01. The van der Waals surface area contributed by atoms with Crippen LogP contribution in [0.4, 0.5) is 5.82 Å². The summed E-state index contributed by atoms with van der Waals surface area (Å²) in [6, 6.07) is 10.0. The van der Waals surface area contributed by atoms with E-state index in [-0.39, 0.29) is 5.92 Å². The molecule has 0 N–H and O–H groups in total. The lowest BCUT2D eigenvalue weighted by Crippen LogP contribution is -2.35. The molecule has 6 heteroatoms. The van der Waals surface area contributed by atoms with Crippen LogP contribution in [0.5, 0.6) is 0 Å². The Balaban J connectivity index is 1.49. The molecule has 0 amide bonds. The average Bonchev–Trinajstić information content (AvgIpc) is 3.23. The molecule has 1 aromatic carbocycles. The number of nitrogens with zero attached hydrogens (tertiary/aromatic N) is 5. The Hall–Kier alpha value is -2.89. The van der Waals surface area contributed by atoms with Crippen molar-refractivity contribution in [3.8, 4) is 0 Å². The monoisotopic (exact) mass is 333 g/mol. The molecule has 4 aromatic rings. The minimum atomic E-state index is 0.284. The van der Waals surface area contributed by atoms with Crippen LogP contribution in [0.15, 0.2) is 47.1 Å². The van der Waals surface area contributed by atoms with Gasteiger partial charge < -0.3 is 9.32 Å². The highest BCUT2D eigenvalue weighted by molar-refractivity contribution is 5.72. The standard InChI is InChI=1S/C19H19N5O/c1-13-11-16-18(20-8-10-24(16)22-13)23-9-4-5-14(12-23)19-21-15-6-2-3-7-17(15)25-19/h2-3,6-8,10-11,14H,4-5,9,12H2,1H3. The van der Waals surface area contributed by atoms with Gasteiger partial charge in [0.05, 0.1) is 11.6 Å². The number of aryl methyl sites for hydroxylation is 1. The normalized spacial score (nSPS) is 18.3. The molecule has 5 rings (SSSR count). The Bertz CT molecular complexity index is 1020. The van der Waals surface area contributed by atoms with Crippen LogP contribution in [-0.4, -0.2) is 32.7 Å². The molecular weight excluding hydrogens is 314 g/mol. The first-order valence-electron chi connectivity index (χ1n) is 8.69. The third-order valence-electron chi connectivity index (χ3n) is 4.87. The van der Waals surface area contributed by atoms with Gasteiger partial charge in [0.25, 0.3) is 0 Å². The lowest BCUT2D eigenvalue weighted by atomic mass is 9.98. The quantitative estimate of drug-likeness (QED) is 0.561. The fourth-order valence-electron chi connectivity index (χ4n) is 3.71. The fraction of sp³-hybridized carbons (Fsp3) is 0.316. The van der Waals surface area contributed by atoms with E-state index in [2.05, 4.69) is 21.0 Å². The Kier molecular flexibility index (Phi) is 3.23. The summed E-state index contributed by atoms with van der Waals surface area (Å²) in [5.41, 5.74) is 3.85. The molecule has 4 heterocycles. The molecule has 1 aliphatic heterocycles. The molecule has 126 valence electrons. The molecule has 0 bridgehead atoms. The van der Waals surface area contributed by atoms with Crippen LogP contribution >= 0.6 is 0 Å². The SMILES string of the molecule is Cc1cc2c(N3CCCC(c4nc5ccccc5o4)C3)nccn2n1. The molecule has 25 heavy (non-hydrogen) atoms. The van der Waals surface area contributed by atoms with Crippen LogP contribution in [0.3, 0.4) is 0 Å². The molecule has 3 aromatic heterocycles. The van der Waals surface area contributed by atoms with Crippen molar-refractivity contribution in [3.05, 3.63) is 54.3 Å². The van der Waals surface area contributed by atoms with E-state index in [0.717, 1.165) is 60.0 Å². The van der Waals surface area contributed by atoms with Gasteiger partial charge in [-0.2, -0.15) is 5.10 Å². The summed E-state index contributed by atoms with van der Waals surface area (Å²) in [4.78, 5) is 11.7. The van der Waals surface area contributed by atoms with Crippen molar-refractivity contribution in [2.45, 2.75) is 25.7 Å². The molecule has 1 aliphatic rings. The molecule has 1 fully saturated rings. The molecular formula is C19H19N5O. The van der Waals surface area contributed by atoms with Crippen molar-refractivity contribution in [1.29, 1.82) is 0 Å². The summed E-state index contributed by atoms with van der Waals surface area (Å²) < 4.78 is 7.91. The third-order valence-corrected chi connectivity index (χ3v) is 4.87.